The molecule has 184 valence electrons. The van der Waals surface area contributed by atoms with Crippen LogP contribution in [0.2, 0.25) is 0 Å². The smallest absolute Gasteiger partial charge is 0.231 e. The second-order valence-corrected chi connectivity index (χ2v) is 11.7. The number of benzene rings is 2. The molecule has 1 unspecified atom stereocenters. The van der Waals surface area contributed by atoms with Crippen molar-refractivity contribution in [3.8, 4) is 16.2 Å². The Hall–Kier alpha value is -2.71. The predicted octanol–water partition coefficient (Wildman–Crippen LogP) is 6.91. The van der Waals surface area contributed by atoms with E-state index < -0.39 is 16.4 Å². The van der Waals surface area contributed by atoms with Gasteiger partial charge in [-0.25, -0.2) is 9.19 Å². The van der Waals surface area contributed by atoms with E-state index >= 15 is 0 Å². The van der Waals surface area contributed by atoms with Gasteiger partial charge in [0.2, 0.25) is 5.91 Å². The summed E-state index contributed by atoms with van der Waals surface area (Å²) in [5.74, 6) is 1.27. The highest BCUT2D eigenvalue weighted by Crippen LogP contribution is 2.36. The van der Waals surface area contributed by atoms with Crippen LogP contribution in [0.15, 0.2) is 53.4 Å². The number of nitrogens with zero attached hydrogens (tertiary/aromatic N) is 1. The molecule has 2 N–H and O–H groups in total. The number of rotatable bonds is 6. The van der Waals surface area contributed by atoms with E-state index in [1.165, 1.54) is 11.3 Å². The number of hydrogen-bond acceptors (Lipinski definition) is 5. The molecule has 1 aromatic heterocycles. The topological polar surface area (TPSA) is 80.3 Å². The molecule has 0 fully saturated rings. The molecule has 8 heteroatoms. The van der Waals surface area contributed by atoms with Crippen molar-refractivity contribution in [1.29, 1.82) is 0 Å². The highest BCUT2D eigenvalue weighted by molar-refractivity contribution is 7.86. The lowest BCUT2D eigenvalue weighted by Gasteiger charge is -2.15. The van der Waals surface area contributed by atoms with Crippen molar-refractivity contribution < 1.29 is 13.7 Å². The first-order valence-electron chi connectivity index (χ1n) is 11.1. The predicted molar refractivity (Wildman–Crippen MR) is 144 cm³/mol. The maximum atomic E-state index is 13.0. The zero-order chi connectivity index (χ0) is 25.5. The van der Waals surface area contributed by atoms with Crippen molar-refractivity contribution in [3.05, 3.63) is 54.2 Å². The number of hydrogen-bond donors (Lipinski definition) is 2. The van der Waals surface area contributed by atoms with E-state index in [0.29, 0.717) is 15.8 Å². The lowest BCUT2D eigenvalue weighted by molar-refractivity contribution is -0.123. The van der Waals surface area contributed by atoms with E-state index in [-0.39, 0.29) is 5.91 Å². The minimum Gasteiger partial charge on any atom is -0.495 e. The summed E-state index contributed by atoms with van der Waals surface area (Å²) in [5.41, 5.74) is 1.90. The van der Waals surface area contributed by atoms with Crippen molar-refractivity contribution in [2.24, 2.45) is 11.3 Å². The number of aromatic nitrogens is 1. The molecular formula is C26H35N3O3S2. The first-order chi connectivity index (χ1) is 15.9. The van der Waals surface area contributed by atoms with E-state index in [0.717, 1.165) is 27.7 Å². The van der Waals surface area contributed by atoms with Crippen molar-refractivity contribution >= 4 is 39.0 Å². The molecule has 0 aliphatic carbocycles. The number of nitrogens with one attached hydrogen (secondary N) is 2. The van der Waals surface area contributed by atoms with Crippen LogP contribution in [0.25, 0.3) is 10.4 Å². The second kappa shape index (κ2) is 12.1. The van der Waals surface area contributed by atoms with Gasteiger partial charge in [-0.05, 0) is 48.7 Å². The second-order valence-electron chi connectivity index (χ2n) is 9.47. The average Bonchev–Trinajstić information content (AvgIpc) is 3.12. The summed E-state index contributed by atoms with van der Waals surface area (Å²) in [6, 6.07) is 14.9. The van der Waals surface area contributed by atoms with Gasteiger partial charge < -0.3 is 14.8 Å². The molecule has 0 bridgehead atoms. The van der Waals surface area contributed by atoms with Crippen LogP contribution >= 0.6 is 11.3 Å². The quantitative estimate of drug-likeness (QED) is 0.385. The van der Waals surface area contributed by atoms with Gasteiger partial charge in [0.15, 0.2) is 16.1 Å². The molecule has 1 heterocycles. The fraction of sp³-hybridized carbons (Fsp3) is 0.385. The van der Waals surface area contributed by atoms with Crippen LogP contribution in [0, 0.1) is 18.3 Å². The SMILES string of the molecule is CC(C)C.COc1ccc(-c2sc(NC(=O)C(C)(C)C)nc2C)cc1S(=O)Nc1ccccc1. The van der Waals surface area contributed by atoms with Crippen molar-refractivity contribution in [1.82, 2.24) is 4.98 Å². The summed E-state index contributed by atoms with van der Waals surface area (Å²) in [6.45, 7) is 14.0. The Morgan fingerprint density at radius 1 is 1.09 bits per heavy atom. The summed E-state index contributed by atoms with van der Waals surface area (Å²) in [6.07, 6.45) is 0. The van der Waals surface area contributed by atoms with E-state index in [9.17, 15) is 9.00 Å². The molecule has 3 rings (SSSR count). The molecule has 0 saturated heterocycles. The standard InChI is InChI=1S/C22H25N3O3S2.C4H10/c1-14-19(29-21(23-14)24-20(26)22(2,3)4)15-11-12-17(28-5)18(13-15)30(27)25-16-9-7-6-8-10-16;1-4(2)3/h6-13,25H,1-5H3,(H,23,24,26);4H,1-3H3. The zero-order valence-electron chi connectivity index (χ0n) is 21.2. The molecule has 1 atom stereocenters. The van der Waals surface area contributed by atoms with E-state index in [1.54, 1.807) is 13.2 Å². The van der Waals surface area contributed by atoms with Crippen molar-refractivity contribution in [3.63, 3.8) is 0 Å². The Kier molecular flexibility index (Phi) is 9.82. The number of ether oxygens (including phenoxy) is 1. The van der Waals surface area contributed by atoms with Crippen LogP contribution in [0.5, 0.6) is 5.75 Å². The maximum absolute atomic E-state index is 13.0. The normalized spacial score (nSPS) is 11.9. The first-order valence-corrected chi connectivity index (χ1v) is 13.1. The van der Waals surface area contributed by atoms with Gasteiger partial charge in [-0.3, -0.25) is 4.79 Å². The molecule has 0 radical (unpaired) electrons. The van der Waals surface area contributed by atoms with Gasteiger partial charge in [0.05, 0.1) is 17.7 Å². The van der Waals surface area contributed by atoms with Gasteiger partial charge in [-0.15, -0.1) is 0 Å². The fourth-order valence-corrected chi connectivity index (χ4v) is 4.62. The number of amides is 1. The lowest BCUT2D eigenvalue weighted by Crippen LogP contribution is -2.27. The van der Waals surface area contributed by atoms with E-state index in [4.69, 9.17) is 4.74 Å². The van der Waals surface area contributed by atoms with Crippen LogP contribution in [0.4, 0.5) is 10.8 Å². The van der Waals surface area contributed by atoms with Crippen LogP contribution < -0.4 is 14.8 Å². The van der Waals surface area contributed by atoms with Gasteiger partial charge >= 0.3 is 0 Å². The highest BCUT2D eigenvalue weighted by Gasteiger charge is 2.23. The van der Waals surface area contributed by atoms with Gasteiger partial charge in [-0.1, -0.05) is 71.1 Å². The number of para-hydroxylation sites is 1. The Morgan fingerprint density at radius 2 is 1.71 bits per heavy atom. The van der Waals surface area contributed by atoms with Crippen LogP contribution in [-0.2, 0) is 15.8 Å². The molecule has 1 amide bonds. The Labute approximate surface area is 209 Å². The average molecular weight is 502 g/mol. The molecule has 34 heavy (non-hydrogen) atoms. The summed E-state index contributed by atoms with van der Waals surface area (Å²) in [4.78, 5) is 18.2. The third-order valence-electron chi connectivity index (χ3n) is 4.31. The molecule has 0 aliphatic heterocycles. The number of carbonyl (C=O) groups excluding carboxylic acids is 1. The molecule has 2 aromatic carbocycles. The largest absolute Gasteiger partial charge is 0.495 e. The van der Waals surface area contributed by atoms with Crippen LogP contribution in [0.3, 0.4) is 0 Å². The van der Waals surface area contributed by atoms with Crippen molar-refractivity contribution in [2.45, 2.75) is 53.4 Å². The Morgan fingerprint density at radius 3 is 2.26 bits per heavy atom. The summed E-state index contributed by atoms with van der Waals surface area (Å²) in [5, 5.41) is 3.42. The third kappa shape index (κ3) is 7.95. The minimum absolute atomic E-state index is 0.0913. The minimum atomic E-state index is -1.51. The molecule has 0 aliphatic rings. The van der Waals surface area contributed by atoms with Crippen LogP contribution in [0.1, 0.15) is 47.2 Å². The molecule has 0 saturated carbocycles. The number of methoxy groups -OCH3 is 1. The highest BCUT2D eigenvalue weighted by atomic mass is 32.2. The van der Waals surface area contributed by atoms with E-state index in [2.05, 4.69) is 35.8 Å². The van der Waals surface area contributed by atoms with Crippen molar-refractivity contribution in [2.75, 3.05) is 17.1 Å². The van der Waals surface area contributed by atoms with Gasteiger partial charge in [0.25, 0.3) is 0 Å². The van der Waals surface area contributed by atoms with Gasteiger partial charge in [0, 0.05) is 11.1 Å². The Balaban J connectivity index is 0.000000945. The first kappa shape index (κ1) is 27.5. The summed E-state index contributed by atoms with van der Waals surface area (Å²) >= 11 is 1.39. The maximum Gasteiger partial charge on any atom is 0.231 e. The number of aryl methyl sites for hydroxylation is 1. The van der Waals surface area contributed by atoms with E-state index in [1.807, 2.05) is 70.2 Å². The lowest BCUT2D eigenvalue weighted by atomic mass is 9.96. The molecular weight excluding hydrogens is 466 g/mol. The summed E-state index contributed by atoms with van der Waals surface area (Å²) < 4.78 is 21.4. The monoisotopic (exact) mass is 501 g/mol. The molecule has 3 aromatic rings. The molecule has 0 spiro atoms. The number of anilines is 2. The number of thiazole rings is 1. The van der Waals surface area contributed by atoms with Gasteiger partial charge in [0.1, 0.15) is 10.6 Å². The Bertz CT molecular complexity index is 1120. The fourth-order valence-electron chi connectivity index (χ4n) is 2.63. The summed E-state index contributed by atoms with van der Waals surface area (Å²) in [7, 11) is 0.0408. The number of carbonyl (C=O) groups is 1. The molecule has 6 nitrogen and oxygen atoms in total. The van der Waals surface area contributed by atoms with Crippen LogP contribution in [-0.4, -0.2) is 22.2 Å². The van der Waals surface area contributed by atoms with Gasteiger partial charge in [-0.2, -0.15) is 0 Å². The third-order valence-corrected chi connectivity index (χ3v) is 6.57. The zero-order valence-corrected chi connectivity index (χ0v) is 22.8.